The first-order valence-corrected chi connectivity index (χ1v) is 12.2. The molecule has 0 spiro atoms. The van der Waals surface area contributed by atoms with Gasteiger partial charge in [0.25, 0.3) is 0 Å². The van der Waals surface area contributed by atoms with Crippen LogP contribution < -0.4 is 11.1 Å². The number of nitrogens with zero attached hydrogens (tertiary/aromatic N) is 2. The molecule has 0 aliphatic carbocycles. The van der Waals surface area contributed by atoms with Crippen molar-refractivity contribution in [1.29, 1.82) is 0 Å². The van der Waals surface area contributed by atoms with Crippen molar-refractivity contribution in [3.05, 3.63) is 108 Å². The maximum absolute atomic E-state index is 6.17. The molecule has 0 saturated heterocycles. The number of nitrogens with one attached hydrogen (secondary N) is 1. The Morgan fingerprint density at radius 1 is 0.694 bits per heavy atom. The number of benzene rings is 4. The summed E-state index contributed by atoms with van der Waals surface area (Å²) < 4.78 is 0. The van der Waals surface area contributed by atoms with Crippen LogP contribution in [0.25, 0.3) is 43.4 Å². The topological polar surface area (TPSA) is 63.8 Å². The maximum atomic E-state index is 6.17. The van der Waals surface area contributed by atoms with Crippen molar-refractivity contribution < 1.29 is 21.1 Å². The van der Waals surface area contributed by atoms with E-state index in [1.807, 2.05) is 30.3 Å². The summed E-state index contributed by atoms with van der Waals surface area (Å²) in [6, 6.07) is 29.1. The Bertz CT molecular complexity index is 1570. The molecule has 4 nitrogen and oxygen atoms in total. The molecule has 6 rings (SSSR count). The van der Waals surface area contributed by atoms with E-state index in [4.69, 9.17) is 17.3 Å². The van der Waals surface area contributed by atoms with Crippen molar-refractivity contribution in [2.45, 2.75) is 13.0 Å². The van der Waals surface area contributed by atoms with E-state index in [1.54, 1.807) is 12.4 Å². The maximum Gasteiger partial charge on any atom is 4.00 e. The summed E-state index contributed by atoms with van der Waals surface area (Å²) >= 11 is 6.17. The average molecular weight is 674 g/mol. The van der Waals surface area contributed by atoms with Gasteiger partial charge >= 0.3 is 21.1 Å². The first-order valence-electron chi connectivity index (χ1n) is 11.8. The second-order valence-corrected chi connectivity index (χ2v) is 8.86. The van der Waals surface area contributed by atoms with Crippen LogP contribution in [0.1, 0.15) is 12.0 Å². The van der Waals surface area contributed by atoms with Gasteiger partial charge in [-0.05, 0) is 77.0 Å². The van der Waals surface area contributed by atoms with Gasteiger partial charge in [-0.25, -0.2) is 0 Å². The van der Waals surface area contributed by atoms with Gasteiger partial charge in [0.15, 0.2) is 0 Å². The van der Waals surface area contributed by atoms with Crippen molar-refractivity contribution in [1.82, 2.24) is 15.3 Å². The zero-order valence-electron chi connectivity index (χ0n) is 19.7. The van der Waals surface area contributed by atoms with E-state index in [-0.39, 0.29) is 21.1 Å². The standard InChI is InChI=1S/C18H20N2.C12H7ClN2.Pt/c19-10-5-11-20-13-18-16-8-3-1-6-14(16)12-15-7-2-4-9-17(15)18;13-10-7-8-3-1-5-14-11(8)12-9(10)4-2-6-15-12;/h1-4,6-9,12,20H,5,10-11,13,19H2;1-7H;/q;;+4. The normalized spacial score (nSPS) is 10.8. The Balaban J connectivity index is 0.000000170. The van der Waals surface area contributed by atoms with Gasteiger partial charge < -0.3 is 11.1 Å². The number of nitrogens with two attached hydrogens (primary N) is 1. The molecule has 0 aliphatic rings. The van der Waals surface area contributed by atoms with Crippen LogP contribution in [0.4, 0.5) is 0 Å². The average Bonchev–Trinajstić information content (AvgIpc) is 2.91. The molecule has 0 unspecified atom stereocenters. The van der Waals surface area contributed by atoms with Crippen molar-refractivity contribution in [2.24, 2.45) is 5.73 Å². The number of hydrogen-bond donors (Lipinski definition) is 2. The van der Waals surface area contributed by atoms with Gasteiger partial charge in [-0.2, -0.15) is 0 Å². The number of aromatic nitrogens is 2. The fourth-order valence-electron chi connectivity index (χ4n) is 4.47. The van der Waals surface area contributed by atoms with Crippen molar-refractivity contribution >= 4 is 55.0 Å². The number of pyridine rings is 2. The largest absolute Gasteiger partial charge is 4.00 e. The molecule has 36 heavy (non-hydrogen) atoms. The van der Waals surface area contributed by atoms with Crippen molar-refractivity contribution in [3.8, 4) is 0 Å². The van der Waals surface area contributed by atoms with E-state index in [9.17, 15) is 0 Å². The van der Waals surface area contributed by atoms with Gasteiger partial charge in [0, 0.05) is 29.7 Å². The number of halogens is 1. The van der Waals surface area contributed by atoms with Gasteiger partial charge in [-0.3, -0.25) is 9.97 Å². The van der Waals surface area contributed by atoms with Gasteiger partial charge in [0.1, 0.15) is 0 Å². The Kier molecular flexibility index (Phi) is 9.01. The number of fused-ring (bicyclic) bond motifs is 5. The predicted octanol–water partition coefficient (Wildman–Crippen LogP) is 6.87. The minimum atomic E-state index is 0. The Morgan fingerprint density at radius 2 is 1.28 bits per heavy atom. The second kappa shape index (κ2) is 12.4. The molecule has 0 radical (unpaired) electrons. The predicted molar refractivity (Wildman–Crippen MR) is 149 cm³/mol. The van der Waals surface area contributed by atoms with Crippen LogP contribution in [-0.2, 0) is 27.6 Å². The molecule has 4 aromatic carbocycles. The molecule has 0 fully saturated rings. The fourth-order valence-corrected chi connectivity index (χ4v) is 4.74. The molecule has 0 aliphatic heterocycles. The Morgan fingerprint density at radius 3 is 1.97 bits per heavy atom. The summed E-state index contributed by atoms with van der Waals surface area (Å²) in [5.41, 5.74) is 8.70. The molecule has 6 heteroatoms. The van der Waals surface area contributed by atoms with Crippen LogP contribution in [0.2, 0.25) is 5.02 Å². The summed E-state index contributed by atoms with van der Waals surface area (Å²) in [4.78, 5) is 8.65. The molecule has 180 valence electrons. The molecular weight excluding hydrogens is 647 g/mol. The molecule has 2 aromatic heterocycles. The molecule has 2 heterocycles. The Hall–Kier alpha value is -2.88. The monoisotopic (exact) mass is 673 g/mol. The number of rotatable bonds is 5. The van der Waals surface area contributed by atoms with E-state index in [2.05, 4.69) is 69.9 Å². The molecule has 0 saturated carbocycles. The first kappa shape index (κ1) is 26.2. The van der Waals surface area contributed by atoms with E-state index >= 15 is 0 Å². The number of hydrogen-bond acceptors (Lipinski definition) is 4. The summed E-state index contributed by atoms with van der Waals surface area (Å²) in [6.07, 6.45) is 4.54. The third kappa shape index (κ3) is 5.58. The van der Waals surface area contributed by atoms with E-state index < -0.39 is 0 Å². The Labute approximate surface area is 230 Å². The van der Waals surface area contributed by atoms with Gasteiger partial charge in [-0.1, -0.05) is 66.2 Å². The zero-order valence-corrected chi connectivity index (χ0v) is 22.8. The zero-order chi connectivity index (χ0) is 24.0. The van der Waals surface area contributed by atoms with Gasteiger partial charge in [0.2, 0.25) is 0 Å². The quantitative estimate of drug-likeness (QED) is 0.119. The van der Waals surface area contributed by atoms with E-state index in [1.165, 1.54) is 27.1 Å². The smallest absolute Gasteiger partial charge is 0.330 e. The van der Waals surface area contributed by atoms with Crippen LogP contribution in [0.3, 0.4) is 0 Å². The second-order valence-electron chi connectivity index (χ2n) is 8.45. The third-order valence-corrected chi connectivity index (χ3v) is 6.47. The molecule has 0 amide bonds. The summed E-state index contributed by atoms with van der Waals surface area (Å²) in [5.74, 6) is 0. The summed E-state index contributed by atoms with van der Waals surface area (Å²) in [6.45, 7) is 2.60. The third-order valence-electron chi connectivity index (χ3n) is 6.15. The van der Waals surface area contributed by atoms with Crippen LogP contribution in [0.15, 0.2) is 97.3 Å². The molecule has 6 aromatic rings. The van der Waals surface area contributed by atoms with E-state index in [0.717, 1.165) is 52.9 Å². The molecular formula is C30H27ClN4Pt+4. The van der Waals surface area contributed by atoms with E-state index in [0.29, 0.717) is 0 Å². The molecule has 0 bridgehead atoms. The molecule has 0 atom stereocenters. The van der Waals surface area contributed by atoms with Crippen LogP contribution in [0, 0.1) is 0 Å². The first-order chi connectivity index (χ1) is 17.3. The summed E-state index contributed by atoms with van der Waals surface area (Å²) in [5, 5.41) is 11.5. The van der Waals surface area contributed by atoms with Crippen LogP contribution in [0.5, 0.6) is 0 Å². The molecule has 3 N–H and O–H groups in total. The van der Waals surface area contributed by atoms with Crippen molar-refractivity contribution in [3.63, 3.8) is 0 Å². The SMILES string of the molecule is Clc1cc2cccnc2c2ncccc12.NCCCNCc1c2ccccc2cc2ccccc12.[Pt+4]. The summed E-state index contributed by atoms with van der Waals surface area (Å²) in [7, 11) is 0. The van der Waals surface area contributed by atoms with Gasteiger partial charge in [-0.15, -0.1) is 0 Å². The van der Waals surface area contributed by atoms with Crippen LogP contribution >= 0.6 is 11.6 Å². The van der Waals surface area contributed by atoms with Gasteiger partial charge in [0.05, 0.1) is 16.1 Å². The fraction of sp³-hybridized carbons (Fsp3) is 0.133. The van der Waals surface area contributed by atoms with Crippen LogP contribution in [-0.4, -0.2) is 23.1 Å². The van der Waals surface area contributed by atoms with Crippen molar-refractivity contribution in [2.75, 3.05) is 13.1 Å². The minimum absolute atomic E-state index is 0. The minimum Gasteiger partial charge on any atom is -0.330 e.